The van der Waals surface area contributed by atoms with Gasteiger partial charge in [0.1, 0.15) is 11.6 Å². The fraction of sp³-hybridized carbons (Fsp3) is 0.250. The largest absolute Gasteiger partial charge is 0.493 e. The Morgan fingerprint density at radius 1 is 1.35 bits per heavy atom. The maximum Gasteiger partial charge on any atom is 0.161 e. The number of benzene rings is 1. The Morgan fingerprint density at radius 2 is 2.24 bits per heavy atom. The molecule has 0 bridgehead atoms. The third kappa shape index (κ3) is 3.20. The molecule has 1 aromatic heterocycles. The number of ether oxygens (including phenoxy) is 2. The van der Waals surface area contributed by atoms with Crippen molar-refractivity contribution < 1.29 is 9.47 Å². The zero-order valence-electron chi connectivity index (χ0n) is 9.35. The van der Waals surface area contributed by atoms with Gasteiger partial charge in [0, 0.05) is 16.9 Å². The van der Waals surface area contributed by atoms with Crippen LogP contribution in [0.4, 0.5) is 0 Å². The summed E-state index contributed by atoms with van der Waals surface area (Å²) in [5.74, 6) is 1.49. The normalized spacial score (nSPS) is 10.2. The molecule has 17 heavy (non-hydrogen) atoms. The standard InChI is InChI=1S/C12H12BrNO2S/c1-15-11-6-9(7-13)2-3-10(11)16-8-12-14-4-5-17-12/h2-6H,7-8H2,1H3. The van der Waals surface area contributed by atoms with Crippen molar-refractivity contribution in [3.05, 3.63) is 40.3 Å². The molecule has 0 amide bonds. The lowest BCUT2D eigenvalue weighted by Gasteiger charge is -2.10. The Kier molecular flexibility index (Phi) is 4.39. The average molecular weight is 314 g/mol. The highest BCUT2D eigenvalue weighted by molar-refractivity contribution is 9.08. The van der Waals surface area contributed by atoms with E-state index in [4.69, 9.17) is 9.47 Å². The quantitative estimate of drug-likeness (QED) is 0.790. The van der Waals surface area contributed by atoms with Gasteiger partial charge >= 0.3 is 0 Å². The predicted molar refractivity (Wildman–Crippen MR) is 72.1 cm³/mol. The number of nitrogens with zero attached hydrogens (tertiary/aromatic N) is 1. The molecule has 2 rings (SSSR count). The van der Waals surface area contributed by atoms with E-state index in [1.165, 1.54) is 0 Å². The van der Waals surface area contributed by atoms with Gasteiger partial charge in [-0.1, -0.05) is 22.0 Å². The third-order valence-electron chi connectivity index (χ3n) is 2.22. The van der Waals surface area contributed by atoms with Crippen LogP contribution in [0.1, 0.15) is 10.6 Å². The van der Waals surface area contributed by atoms with Crippen LogP contribution in [-0.2, 0) is 11.9 Å². The van der Waals surface area contributed by atoms with E-state index in [0.29, 0.717) is 6.61 Å². The molecule has 0 spiro atoms. The van der Waals surface area contributed by atoms with Gasteiger partial charge in [0.2, 0.25) is 0 Å². The van der Waals surface area contributed by atoms with Crippen molar-refractivity contribution in [2.75, 3.05) is 7.11 Å². The number of hydrogen-bond donors (Lipinski definition) is 0. The lowest BCUT2D eigenvalue weighted by atomic mass is 10.2. The van der Waals surface area contributed by atoms with Crippen LogP contribution >= 0.6 is 27.3 Å². The number of rotatable bonds is 5. The Hall–Kier alpha value is -1.07. The lowest BCUT2D eigenvalue weighted by Crippen LogP contribution is -1.97. The molecule has 0 aliphatic carbocycles. The minimum Gasteiger partial charge on any atom is -0.493 e. The van der Waals surface area contributed by atoms with Gasteiger partial charge in [0.25, 0.3) is 0 Å². The van der Waals surface area contributed by atoms with Gasteiger partial charge in [-0.15, -0.1) is 11.3 Å². The third-order valence-corrected chi connectivity index (χ3v) is 3.62. The Morgan fingerprint density at radius 3 is 2.88 bits per heavy atom. The first-order valence-corrected chi connectivity index (χ1v) is 7.07. The van der Waals surface area contributed by atoms with Crippen LogP contribution < -0.4 is 9.47 Å². The van der Waals surface area contributed by atoms with Crippen LogP contribution in [0.2, 0.25) is 0 Å². The Labute approximate surface area is 113 Å². The van der Waals surface area contributed by atoms with Crippen molar-refractivity contribution >= 4 is 27.3 Å². The average Bonchev–Trinajstić information content (AvgIpc) is 2.89. The molecule has 3 nitrogen and oxygen atoms in total. The van der Waals surface area contributed by atoms with E-state index >= 15 is 0 Å². The second-order valence-electron chi connectivity index (χ2n) is 3.33. The number of hydrogen-bond acceptors (Lipinski definition) is 4. The van der Waals surface area contributed by atoms with Crippen molar-refractivity contribution in [1.82, 2.24) is 4.98 Å². The van der Waals surface area contributed by atoms with Crippen LogP contribution in [0.25, 0.3) is 0 Å². The van der Waals surface area contributed by atoms with Gasteiger partial charge in [-0.3, -0.25) is 0 Å². The molecule has 0 N–H and O–H groups in total. The summed E-state index contributed by atoms with van der Waals surface area (Å²) in [6.07, 6.45) is 1.77. The van der Waals surface area contributed by atoms with Crippen LogP contribution in [-0.4, -0.2) is 12.1 Å². The highest BCUT2D eigenvalue weighted by Gasteiger charge is 2.06. The van der Waals surface area contributed by atoms with Crippen LogP contribution in [0.3, 0.4) is 0 Å². The minimum atomic E-state index is 0.474. The molecule has 0 saturated heterocycles. The summed E-state index contributed by atoms with van der Waals surface area (Å²) >= 11 is 4.99. The number of methoxy groups -OCH3 is 1. The molecule has 0 aliphatic heterocycles. The summed E-state index contributed by atoms with van der Waals surface area (Å²) in [6, 6.07) is 5.89. The fourth-order valence-electron chi connectivity index (χ4n) is 1.38. The van der Waals surface area contributed by atoms with Crippen LogP contribution in [0.5, 0.6) is 11.5 Å². The molecular weight excluding hydrogens is 302 g/mol. The number of aromatic nitrogens is 1. The molecule has 0 atom stereocenters. The van der Waals surface area contributed by atoms with E-state index in [0.717, 1.165) is 27.4 Å². The zero-order chi connectivity index (χ0) is 12.1. The first-order valence-electron chi connectivity index (χ1n) is 5.07. The van der Waals surface area contributed by atoms with E-state index in [-0.39, 0.29) is 0 Å². The molecule has 1 heterocycles. The summed E-state index contributed by atoms with van der Waals surface area (Å²) in [6.45, 7) is 0.474. The molecule has 0 aliphatic rings. The summed E-state index contributed by atoms with van der Waals surface area (Å²) in [5.41, 5.74) is 1.16. The van der Waals surface area contributed by atoms with E-state index in [2.05, 4.69) is 20.9 Å². The first-order chi connectivity index (χ1) is 8.33. The summed E-state index contributed by atoms with van der Waals surface area (Å²) in [4.78, 5) is 4.17. The van der Waals surface area contributed by atoms with Gasteiger partial charge in [0.05, 0.1) is 7.11 Å². The fourth-order valence-corrected chi connectivity index (χ4v) is 2.25. The minimum absolute atomic E-state index is 0.474. The second kappa shape index (κ2) is 6.02. The van der Waals surface area contributed by atoms with Gasteiger partial charge in [-0.05, 0) is 17.7 Å². The Bertz CT molecular complexity index is 473. The lowest BCUT2D eigenvalue weighted by molar-refractivity contribution is 0.284. The maximum absolute atomic E-state index is 5.68. The predicted octanol–water partition coefficient (Wildman–Crippen LogP) is 3.63. The van der Waals surface area contributed by atoms with Crippen LogP contribution in [0, 0.1) is 0 Å². The summed E-state index contributed by atoms with van der Waals surface area (Å²) in [5, 5.41) is 3.69. The van der Waals surface area contributed by atoms with Gasteiger partial charge in [0.15, 0.2) is 11.5 Å². The number of alkyl halides is 1. The van der Waals surface area contributed by atoms with Crippen molar-refractivity contribution in [1.29, 1.82) is 0 Å². The molecule has 0 radical (unpaired) electrons. The highest BCUT2D eigenvalue weighted by atomic mass is 79.9. The summed E-state index contributed by atoms with van der Waals surface area (Å²) in [7, 11) is 1.64. The smallest absolute Gasteiger partial charge is 0.161 e. The molecule has 0 unspecified atom stereocenters. The molecule has 90 valence electrons. The highest BCUT2D eigenvalue weighted by Crippen LogP contribution is 2.29. The van der Waals surface area contributed by atoms with E-state index in [9.17, 15) is 0 Å². The molecule has 2 aromatic rings. The van der Waals surface area contributed by atoms with Gasteiger partial charge < -0.3 is 9.47 Å². The molecule has 0 saturated carbocycles. The van der Waals surface area contributed by atoms with Gasteiger partial charge in [-0.25, -0.2) is 4.98 Å². The van der Waals surface area contributed by atoms with E-state index in [1.54, 1.807) is 24.6 Å². The molecule has 1 aromatic carbocycles. The first kappa shape index (κ1) is 12.4. The molecular formula is C12H12BrNO2S. The summed E-state index contributed by atoms with van der Waals surface area (Å²) < 4.78 is 11.0. The number of thiazole rings is 1. The topological polar surface area (TPSA) is 31.4 Å². The van der Waals surface area contributed by atoms with Gasteiger partial charge in [-0.2, -0.15) is 0 Å². The molecule has 5 heteroatoms. The second-order valence-corrected chi connectivity index (χ2v) is 4.87. The zero-order valence-corrected chi connectivity index (χ0v) is 11.8. The number of halogens is 1. The molecule has 0 fully saturated rings. The van der Waals surface area contributed by atoms with Crippen molar-refractivity contribution in [2.45, 2.75) is 11.9 Å². The SMILES string of the molecule is COc1cc(CBr)ccc1OCc1nccs1. The van der Waals surface area contributed by atoms with Crippen molar-refractivity contribution in [2.24, 2.45) is 0 Å². The van der Waals surface area contributed by atoms with Crippen LogP contribution in [0.15, 0.2) is 29.8 Å². The van der Waals surface area contributed by atoms with Crippen molar-refractivity contribution in [3.8, 4) is 11.5 Å². The van der Waals surface area contributed by atoms with Crippen molar-refractivity contribution in [3.63, 3.8) is 0 Å². The van der Waals surface area contributed by atoms with E-state index < -0.39 is 0 Å². The monoisotopic (exact) mass is 313 g/mol. The maximum atomic E-state index is 5.68. The van der Waals surface area contributed by atoms with E-state index in [1.807, 2.05) is 23.6 Å². The Balaban J connectivity index is 2.09.